The van der Waals surface area contributed by atoms with Crippen molar-refractivity contribution in [3.63, 3.8) is 0 Å². The van der Waals surface area contributed by atoms with Crippen LogP contribution in [0, 0.1) is 0 Å². The molecular formula is C19H17N3O4. The molecule has 7 nitrogen and oxygen atoms in total. The third-order valence-electron chi connectivity index (χ3n) is 4.75. The molecule has 1 aliphatic heterocycles. The molecule has 0 saturated carbocycles. The molecular weight excluding hydrogens is 334 g/mol. The van der Waals surface area contributed by atoms with E-state index in [4.69, 9.17) is 0 Å². The van der Waals surface area contributed by atoms with E-state index in [1.54, 1.807) is 36.4 Å². The van der Waals surface area contributed by atoms with Crippen LogP contribution in [-0.4, -0.2) is 38.6 Å². The van der Waals surface area contributed by atoms with E-state index in [1.807, 2.05) is 18.2 Å². The fraction of sp³-hybridized carbons (Fsp3) is 0.211. The summed E-state index contributed by atoms with van der Waals surface area (Å²) >= 11 is 0. The molecule has 1 aromatic heterocycles. The number of nitrogens with one attached hydrogen (secondary N) is 1. The summed E-state index contributed by atoms with van der Waals surface area (Å²) in [5.41, 5.74) is -1.03. The van der Waals surface area contributed by atoms with E-state index < -0.39 is 16.9 Å². The molecule has 132 valence electrons. The Bertz CT molecular complexity index is 1090. The highest BCUT2D eigenvalue weighted by Crippen LogP contribution is 2.31. The van der Waals surface area contributed by atoms with Gasteiger partial charge in [-0.1, -0.05) is 42.5 Å². The van der Waals surface area contributed by atoms with Crippen LogP contribution in [0.4, 0.5) is 0 Å². The van der Waals surface area contributed by atoms with E-state index in [2.05, 4.69) is 4.98 Å². The number of para-hydroxylation sites is 1. The molecule has 3 aromatic rings. The molecule has 0 aliphatic carbocycles. The Labute approximate surface area is 148 Å². The lowest BCUT2D eigenvalue weighted by atomic mass is 9.86. The summed E-state index contributed by atoms with van der Waals surface area (Å²) in [5, 5.41) is 10.9. The van der Waals surface area contributed by atoms with Gasteiger partial charge in [0.2, 0.25) is 5.91 Å². The maximum atomic E-state index is 12.5. The number of fused-ring (bicyclic) bond motifs is 1. The van der Waals surface area contributed by atoms with E-state index in [9.17, 15) is 19.5 Å². The third kappa shape index (κ3) is 2.62. The van der Waals surface area contributed by atoms with Crippen LogP contribution in [0.25, 0.3) is 10.9 Å². The fourth-order valence-electron chi connectivity index (χ4n) is 3.27. The number of nitrogens with zero attached hydrogens (tertiary/aromatic N) is 2. The van der Waals surface area contributed by atoms with Gasteiger partial charge in [-0.3, -0.25) is 14.2 Å². The maximum absolute atomic E-state index is 12.5. The number of likely N-dealkylation sites (tertiary alicyclic amines) is 1. The van der Waals surface area contributed by atoms with E-state index in [0.29, 0.717) is 10.9 Å². The minimum atomic E-state index is -1.09. The van der Waals surface area contributed by atoms with Crippen LogP contribution < -0.4 is 11.2 Å². The molecule has 0 spiro atoms. The topological polar surface area (TPSA) is 95.4 Å². The molecule has 1 aliphatic rings. The molecule has 0 atom stereocenters. The Kier molecular flexibility index (Phi) is 3.73. The molecule has 4 rings (SSSR count). The Morgan fingerprint density at radius 3 is 2.42 bits per heavy atom. The molecule has 1 amide bonds. The number of H-pyrrole nitrogens is 1. The average Bonchev–Trinajstić information content (AvgIpc) is 2.63. The van der Waals surface area contributed by atoms with Crippen LogP contribution in [0.2, 0.25) is 0 Å². The molecule has 2 aromatic carbocycles. The standard InChI is InChI=1S/C19H17N3O4/c23-16(21-11-19(26,12-21)13-6-2-1-3-7-13)10-22-17(24)14-8-4-5-9-15(14)20-18(22)25/h1-9,26H,10-12H2,(H,20,25). The van der Waals surface area contributed by atoms with Crippen molar-refractivity contribution in [3.05, 3.63) is 81.0 Å². The minimum absolute atomic E-state index is 0.135. The van der Waals surface area contributed by atoms with Crippen molar-refractivity contribution < 1.29 is 9.90 Å². The van der Waals surface area contributed by atoms with Gasteiger partial charge in [0.1, 0.15) is 12.1 Å². The number of amides is 1. The lowest BCUT2D eigenvalue weighted by Gasteiger charge is -2.46. The van der Waals surface area contributed by atoms with Gasteiger partial charge in [-0.25, -0.2) is 4.79 Å². The number of carbonyl (C=O) groups excluding carboxylic acids is 1. The highest BCUT2D eigenvalue weighted by atomic mass is 16.3. The summed E-state index contributed by atoms with van der Waals surface area (Å²) < 4.78 is 0.893. The van der Waals surface area contributed by atoms with E-state index in [-0.39, 0.29) is 25.5 Å². The fourth-order valence-corrected chi connectivity index (χ4v) is 3.27. The van der Waals surface area contributed by atoms with Crippen molar-refractivity contribution in [3.8, 4) is 0 Å². The predicted octanol–water partition coefficient (Wildman–Crippen LogP) is 0.420. The molecule has 7 heteroatoms. The number of aromatic nitrogens is 2. The Morgan fingerprint density at radius 1 is 1.04 bits per heavy atom. The van der Waals surface area contributed by atoms with Gasteiger partial charge >= 0.3 is 5.69 Å². The minimum Gasteiger partial charge on any atom is -0.381 e. The molecule has 1 fully saturated rings. The van der Waals surface area contributed by atoms with Crippen LogP contribution in [0.3, 0.4) is 0 Å². The van der Waals surface area contributed by atoms with E-state index >= 15 is 0 Å². The number of aliphatic hydroxyl groups is 1. The van der Waals surface area contributed by atoms with Crippen LogP contribution in [0.1, 0.15) is 5.56 Å². The van der Waals surface area contributed by atoms with Crippen molar-refractivity contribution in [2.45, 2.75) is 12.1 Å². The highest BCUT2D eigenvalue weighted by molar-refractivity contribution is 5.79. The zero-order valence-corrected chi connectivity index (χ0v) is 13.9. The molecule has 0 radical (unpaired) electrons. The van der Waals surface area contributed by atoms with Crippen molar-refractivity contribution >= 4 is 16.8 Å². The zero-order valence-electron chi connectivity index (χ0n) is 13.9. The van der Waals surface area contributed by atoms with Gasteiger partial charge in [0.15, 0.2) is 0 Å². The Hall–Kier alpha value is -3.19. The lowest BCUT2D eigenvalue weighted by molar-refractivity contribution is -0.158. The lowest BCUT2D eigenvalue weighted by Crippen LogP contribution is -2.62. The summed E-state index contributed by atoms with van der Waals surface area (Å²) in [4.78, 5) is 41.1. The number of aromatic amines is 1. The molecule has 26 heavy (non-hydrogen) atoms. The van der Waals surface area contributed by atoms with Gasteiger partial charge in [0.25, 0.3) is 5.56 Å². The summed E-state index contributed by atoms with van der Waals surface area (Å²) in [6.45, 7) is -0.0873. The van der Waals surface area contributed by atoms with Crippen molar-refractivity contribution in [2.24, 2.45) is 0 Å². The summed E-state index contributed by atoms with van der Waals surface area (Å²) in [6.07, 6.45) is 0. The molecule has 2 N–H and O–H groups in total. The van der Waals surface area contributed by atoms with E-state index in [1.165, 1.54) is 4.90 Å². The van der Waals surface area contributed by atoms with Crippen molar-refractivity contribution in [2.75, 3.05) is 13.1 Å². The Morgan fingerprint density at radius 2 is 1.69 bits per heavy atom. The summed E-state index contributed by atoms with van der Waals surface area (Å²) in [5.74, 6) is -0.381. The number of rotatable bonds is 3. The normalized spacial score (nSPS) is 15.7. The number of hydrogen-bond acceptors (Lipinski definition) is 4. The second-order valence-corrected chi connectivity index (χ2v) is 6.51. The number of carbonyl (C=O) groups is 1. The smallest absolute Gasteiger partial charge is 0.329 e. The van der Waals surface area contributed by atoms with Gasteiger partial charge in [-0.2, -0.15) is 0 Å². The SMILES string of the molecule is O=C(Cn1c(=O)[nH]c2ccccc2c1=O)N1CC(O)(c2ccccc2)C1. The zero-order chi connectivity index (χ0) is 18.3. The average molecular weight is 351 g/mol. The molecule has 1 saturated heterocycles. The number of hydrogen-bond donors (Lipinski definition) is 2. The highest BCUT2D eigenvalue weighted by Gasteiger charge is 2.44. The third-order valence-corrected chi connectivity index (χ3v) is 4.75. The maximum Gasteiger partial charge on any atom is 0.329 e. The molecule has 0 unspecified atom stereocenters. The van der Waals surface area contributed by atoms with Gasteiger partial charge in [0.05, 0.1) is 24.0 Å². The first kappa shape index (κ1) is 16.3. The molecule has 0 bridgehead atoms. The van der Waals surface area contributed by atoms with Gasteiger partial charge < -0.3 is 15.0 Å². The predicted molar refractivity (Wildman–Crippen MR) is 95.7 cm³/mol. The monoisotopic (exact) mass is 351 g/mol. The van der Waals surface area contributed by atoms with Crippen molar-refractivity contribution in [1.29, 1.82) is 0 Å². The van der Waals surface area contributed by atoms with Crippen molar-refractivity contribution in [1.82, 2.24) is 14.5 Å². The summed E-state index contributed by atoms with van der Waals surface area (Å²) in [6, 6.07) is 15.8. The first-order chi connectivity index (χ1) is 12.5. The van der Waals surface area contributed by atoms with Gasteiger partial charge in [0, 0.05) is 0 Å². The number of β-amino-alcohol motifs (C(OH)–C–C–N with tert-alkyl or cyclic N) is 1. The van der Waals surface area contributed by atoms with Crippen LogP contribution in [-0.2, 0) is 16.9 Å². The Balaban J connectivity index is 1.54. The largest absolute Gasteiger partial charge is 0.381 e. The van der Waals surface area contributed by atoms with Crippen LogP contribution >= 0.6 is 0 Å². The first-order valence-corrected chi connectivity index (χ1v) is 8.25. The number of benzene rings is 2. The van der Waals surface area contributed by atoms with Crippen LogP contribution in [0.5, 0.6) is 0 Å². The van der Waals surface area contributed by atoms with Crippen LogP contribution in [0.15, 0.2) is 64.2 Å². The second-order valence-electron chi connectivity index (χ2n) is 6.51. The van der Waals surface area contributed by atoms with Gasteiger partial charge in [-0.15, -0.1) is 0 Å². The quantitative estimate of drug-likeness (QED) is 0.715. The van der Waals surface area contributed by atoms with Gasteiger partial charge in [-0.05, 0) is 17.7 Å². The summed E-state index contributed by atoms with van der Waals surface area (Å²) in [7, 11) is 0. The van der Waals surface area contributed by atoms with E-state index in [0.717, 1.165) is 10.1 Å². The molecule has 2 heterocycles. The first-order valence-electron chi connectivity index (χ1n) is 8.25. The second kappa shape index (κ2) is 5.96.